The van der Waals surface area contributed by atoms with Crippen molar-refractivity contribution in [2.24, 2.45) is 0 Å². The van der Waals surface area contributed by atoms with Crippen molar-refractivity contribution in [2.75, 3.05) is 18.5 Å². The van der Waals surface area contributed by atoms with Crippen LogP contribution in [0.3, 0.4) is 0 Å². The van der Waals surface area contributed by atoms with E-state index in [0.29, 0.717) is 12.1 Å². The van der Waals surface area contributed by atoms with Gasteiger partial charge in [0.15, 0.2) is 0 Å². The maximum Gasteiger partial charge on any atom is 0.222 e. The first-order valence-corrected chi connectivity index (χ1v) is 6.75. The summed E-state index contributed by atoms with van der Waals surface area (Å²) in [4.78, 5) is 8.38. The number of anilines is 1. The summed E-state index contributed by atoms with van der Waals surface area (Å²) in [6, 6.07) is 0. The van der Waals surface area contributed by atoms with Crippen LogP contribution >= 0.6 is 22.6 Å². The number of aromatic nitrogens is 2. The van der Waals surface area contributed by atoms with Gasteiger partial charge in [0, 0.05) is 29.1 Å². The number of nitrogens with zero attached hydrogens (tertiary/aromatic N) is 2. The SMILES string of the molecule is Ic1cnc(NCCC2CCCCO2)nc1. The fourth-order valence-corrected chi connectivity index (χ4v) is 2.06. The molecule has 0 bridgehead atoms. The highest BCUT2D eigenvalue weighted by Gasteiger charge is 2.12. The van der Waals surface area contributed by atoms with Gasteiger partial charge in [-0.25, -0.2) is 9.97 Å². The van der Waals surface area contributed by atoms with Gasteiger partial charge in [-0.2, -0.15) is 0 Å². The Bertz CT molecular complexity index is 312. The third-order valence-electron chi connectivity index (χ3n) is 2.64. The van der Waals surface area contributed by atoms with Gasteiger partial charge in [-0.15, -0.1) is 0 Å². The Morgan fingerprint density at radius 3 is 2.88 bits per heavy atom. The number of halogens is 1. The summed E-state index contributed by atoms with van der Waals surface area (Å²) in [5.74, 6) is 0.705. The monoisotopic (exact) mass is 333 g/mol. The van der Waals surface area contributed by atoms with Gasteiger partial charge >= 0.3 is 0 Å². The van der Waals surface area contributed by atoms with Crippen molar-refractivity contribution < 1.29 is 4.74 Å². The van der Waals surface area contributed by atoms with Crippen LogP contribution in [0.15, 0.2) is 12.4 Å². The normalized spacial score (nSPS) is 20.7. The molecule has 16 heavy (non-hydrogen) atoms. The zero-order chi connectivity index (χ0) is 11.2. The molecule has 1 aliphatic rings. The van der Waals surface area contributed by atoms with Crippen LogP contribution in [0.2, 0.25) is 0 Å². The van der Waals surface area contributed by atoms with Crippen LogP contribution in [0.4, 0.5) is 5.95 Å². The molecule has 0 spiro atoms. The number of nitrogens with one attached hydrogen (secondary N) is 1. The summed E-state index contributed by atoms with van der Waals surface area (Å²) in [7, 11) is 0. The van der Waals surface area contributed by atoms with Gasteiger partial charge in [0.2, 0.25) is 5.95 Å². The molecule has 1 saturated heterocycles. The summed E-state index contributed by atoms with van der Waals surface area (Å²) in [6.45, 7) is 1.80. The molecule has 1 unspecified atom stereocenters. The molecular weight excluding hydrogens is 317 g/mol. The quantitative estimate of drug-likeness (QED) is 0.860. The Balaban J connectivity index is 1.69. The van der Waals surface area contributed by atoms with Crippen molar-refractivity contribution in [1.29, 1.82) is 0 Å². The molecule has 1 fully saturated rings. The lowest BCUT2D eigenvalue weighted by Crippen LogP contribution is -2.22. The molecule has 0 aromatic carbocycles. The van der Waals surface area contributed by atoms with Crippen molar-refractivity contribution >= 4 is 28.5 Å². The maximum atomic E-state index is 5.65. The minimum atomic E-state index is 0.421. The Morgan fingerprint density at radius 2 is 2.19 bits per heavy atom. The highest BCUT2D eigenvalue weighted by molar-refractivity contribution is 14.1. The highest BCUT2D eigenvalue weighted by Crippen LogP contribution is 2.15. The van der Waals surface area contributed by atoms with E-state index in [1.807, 2.05) is 12.4 Å². The van der Waals surface area contributed by atoms with Crippen LogP contribution in [0.1, 0.15) is 25.7 Å². The summed E-state index contributed by atoms with van der Waals surface area (Å²) in [6.07, 6.45) is 8.78. The fourth-order valence-electron chi connectivity index (χ4n) is 1.78. The smallest absolute Gasteiger partial charge is 0.222 e. The first-order chi connectivity index (χ1) is 7.84. The van der Waals surface area contributed by atoms with E-state index >= 15 is 0 Å². The minimum Gasteiger partial charge on any atom is -0.378 e. The van der Waals surface area contributed by atoms with E-state index < -0.39 is 0 Å². The molecule has 1 aliphatic heterocycles. The van der Waals surface area contributed by atoms with Gasteiger partial charge in [-0.1, -0.05) is 0 Å². The average molecular weight is 333 g/mol. The molecule has 1 aromatic rings. The van der Waals surface area contributed by atoms with Crippen molar-refractivity contribution in [3.05, 3.63) is 16.0 Å². The fraction of sp³-hybridized carbons (Fsp3) is 0.636. The standard InChI is InChI=1S/C11H16IN3O/c12-9-7-14-11(15-8-9)13-5-4-10-3-1-2-6-16-10/h7-8,10H,1-6H2,(H,13,14,15). The first-order valence-electron chi connectivity index (χ1n) is 5.67. The lowest BCUT2D eigenvalue weighted by molar-refractivity contribution is 0.0134. The van der Waals surface area contributed by atoms with Gasteiger partial charge in [-0.05, 0) is 48.3 Å². The summed E-state index contributed by atoms with van der Waals surface area (Å²) < 4.78 is 6.71. The van der Waals surface area contributed by atoms with E-state index in [2.05, 4.69) is 37.9 Å². The van der Waals surface area contributed by atoms with Crippen LogP contribution in [0.5, 0.6) is 0 Å². The Hall–Kier alpha value is -0.430. The molecule has 88 valence electrons. The molecule has 1 aromatic heterocycles. The van der Waals surface area contributed by atoms with Gasteiger partial charge in [0.1, 0.15) is 0 Å². The van der Waals surface area contributed by atoms with E-state index in [1.54, 1.807) is 0 Å². The predicted octanol–water partition coefficient (Wildman–Crippen LogP) is 2.45. The van der Waals surface area contributed by atoms with Crippen LogP contribution in [-0.4, -0.2) is 29.2 Å². The molecule has 5 heteroatoms. The van der Waals surface area contributed by atoms with Gasteiger partial charge < -0.3 is 10.1 Å². The molecule has 2 heterocycles. The van der Waals surface area contributed by atoms with E-state index in [-0.39, 0.29) is 0 Å². The zero-order valence-corrected chi connectivity index (χ0v) is 11.3. The second kappa shape index (κ2) is 6.34. The molecule has 0 amide bonds. The average Bonchev–Trinajstić information content (AvgIpc) is 2.33. The molecule has 0 aliphatic carbocycles. The lowest BCUT2D eigenvalue weighted by Gasteiger charge is -2.22. The molecule has 1 N–H and O–H groups in total. The van der Waals surface area contributed by atoms with E-state index in [0.717, 1.165) is 23.1 Å². The third kappa shape index (κ3) is 3.86. The van der Waals surface area contributed by atoms with Crippen molar-refractivity contribution in [3.63, 3.8) is 0 Å². The second-order valence-electron chi connectivity index (χ2n) is 3.93. The number of rotatable bonds is 4. The number of ether oxygens (including phenoxy) is 1. The molecule has 0 saturated carbocycles. The zero-order valence-electron chi connectivity index (χ0n) is 9.16. The summed E-state index contributed by atoms with van der Waals surface area (Å²) >= 11 is 2.20. The van der Waals surface area contributed by atoms with Gasteiger partial charge in [0.25, 0.3) is 0 Å². The van der Waals surface area contributed by atoms with E-state index in [1.165, 1.54) is 19.3 Å². The molecular formula is C11H16IN3O. The van der Waals surface area contributed by atoms with Crippen LogP contribution < -0.4 is 5.32 Å². The first kappa shape index (κ1) is 12.0. The largest absolute Gasteiger partial charge is 0.378 e. The predicted molar refractivity (Wildman–Crippen MR) is 71.4 cm³/mol. The minimum absolute atomic E-state index is 0.421. The van der Waals surface area contributed by atoms with Crippen LogP contribution in [-0.2, 0) is 4.74 Å². The molecule has 4 nitrogen and oxygen atoms in total. The Kier molecular flexibility index (Phi) is 4.77. The topological polar surface area (TPSA) is 47.0 Å². The van der Waals surface area contributed by atoms with Gasteiger partial charge in [-0.3, -0.25) is 0 Å². The molecule has 2 rings (SSSR count). The molecule has 0 radical (unpaired) electrons. The van der Waals surface area contributed by atoms with Crippen LogP contribution in [0.25, 0.3) is 0 Å². The van der Waals surface area contributed by atoms with Crippen molar-refractivity contribution in [2.45, 2.75) is 31.8 Å². The summed E-state index contributed by atoms with van der Waals surface area (Å²) in [5.41, 5.74) is 0. The van der Waals surface area contributed by atoms with Crippen molar-refractivity contribution in [1.82, 2.24) is 9.97 Å². The summed E-state index contributed by atoms with van der Waals surface area (Å²) in [5, 5.41) is 3.21. The second-order valence-corrected chi connectivity index (χ2v) is 5.17. The lowest BCUT2D eigenvalue weighted by atomic mass is 10.1. The molecule has 1 atom stereocenters. The Morgan fingerprint density at radius 1 is 1.38 bits per heavy atom. The van der Waals surface area contributed by atoms with Crippen molar-refractivity contribution in [3.8, 4) is 0 Å². The third-order valence-corrected chi connectivity index (χ3v) is 3.20. The van der Waals surface area contributed by atoms with Gasteiger partial charge in [0.05, 0.1) is 6.10 Å². The Labute approximate surface area is 109 Å². The number of hydrogen-bond donors (Lipinski definition) is 1. The highest BCUT2D eigenvalue weighted by atomic mass is 127. The van der Waals surface area contributed by atoms with Crippen LogP contribution in [0, 0.1) is 3.57 Å². The van der Waals surface area contributed by atoms with E-state index in [9.17, 15) is 0 Å². The van der Waals surface area contributed by atoms with E-state index in [4.69, 9.17) is 4.74 Å². The number of hydrogen-bond acceptors (Lipinski definition) is 4. The maximum absolute atomic E-state index is 5.65.